The molecule has 2 unspecified atom stereocenters. The topological polar surface area (TPSA) is 95.9 Å². The van der Waals surface area contributed by atoms with E-state index in [1.165, 1.54) is 244 Å². The van der Waals surface area contributed by atoms with Crippen LogP contribution in [0.25, 0.3) is 0 Å². The van der Waals surface area contributed by atoms with Crippen LogP contribution in [0.3, 0.4) is 0 Å². The fourth-order valence-electron chi connectivity index (χ4n) is 9.11. The molecule has 0 spiro atoms. The van der Waals surface area contributed by atoms with Crippen molar-refractivity contribution in [2.45, 2.75) is 334 Å². The lowest BCUT2D eigenvalue weighted by molar-refractivity contribution is -0.143. The molecule has 0 saturated carbocycles. The van der Waals surface area contributed by atoms with E-state index in [4.69, 9.17) is 4.74 Å². The summed E-state index contributed by atoms with van der Waals surface area (Å²) in [5.41, 5.74) is 0. The third-order valence-corrected chi connectivity index (χ3v) is 13.6. The number of rotatable bonds is 54. The number of ether oxygens (including phenoxy) is 1. The number of allylic oxidation sites excluding steroid dienone is 2. The fraction of sp³-hybridized carbons (Fsp3) is 0.931. The molecule has 0 aliphatic heterocycles. The largest absolute Gasteiger partial charge is 0.466 e. The van der Waals surface area contributed by atoms with Crippen molar-refractivity contribution in [1.29, 1.82) is 0 Å². The van der Waals surface area contributed by atoms with E-state index >= 15 is 0 Å². The zero-order valence-corrected chi connectivity index (χ0v) is 43.3. The van der Waals surface area contributed by atoms with Crippen molar-refractivity contribution in [1.82, 2.24) is 5.32 Å². The minimum atomic E-state index is -0.669. The van der Waals surface area contributed by atoms with Gasteiger partial charge in [0.1, 0.15) is 0 Å². The van der Waals surface area contributed by atoms with Gasteiger partial charge in [0.25, 0.3) is 0 Å². The van der Waals surface area contributed by atoms with Crippen LogP contribution in [0.5, 0.6) is 0 Å². The Morgan fingerprint density at radius 1 is 0.422 bits per heavy atom. The molecule has 0 aromatic carbocycles. The minimum Gasteiger partial charge on any atom is -0.466 e. The van der Waals surface area contributed by atoms with Crippen LogP contribution in [-0.2, 0) is 14.3 Å². The van der Waals surface area contributed by atoms with Crippen molar-refractivity contribution in [2.24, 2.45) is 0 Å². The summed E-state index contributed by atoms with van der Waals surface area (Å²) in [7, 11) is 0. The highest BCUT2D eigenvalue weighted by molar-refractivity contribution is 5.76. The number of esters is 1. The average Bonchev–Trinajstić information content (AvgIpc) is 3.29. The molecule has 6 heteroatoms. The molecule has 3 N–H and O–H groups in total. The van der Waals surface area contributed by atoms with Gasteiger partial charge in [0, 0.05) is 12.8 Å². The van der Waals surface area contributed by atoms with E-state index in [-0.39, 0.29) is 18.5 Å². The van der Waals surface area contributed by atoms with Gasteiger partial charge in [-0.2, -0.15) is 0 Å². The highest BCUT2D eigenvalue weighted by Crippen LogP contribution is 2.17. The van der Waals surface area contributed by atoms with Gasteiger partial charge in [-0.25, -0.2) is 0 Å². The van der Waals surface area contributed by atoms with E-state index in [9.17, 15) is 19.8 Å². The number of aliphatic hydroxyl groups is 2. The first-order chi connectivity index (χ1) is 31.5. The molecule has 0 aromatic rings. The normalized spacial score (nSPS) is 12.6. The second kappa shape index (κ2) is 54.2. The zero-order chi connectivity index (χ0) is 46.5. The molecule has 0 saturated heterocycles. The molecule has 0 aliphatic carbocycles. The number of nitrogens with one attached hydrogen (secondary N) is 1. The van der Waals surface area contributed by atoms with Crippen LogP contribution in [0.4, 0.5) is 0 Å². The van der Waals surface area contributed by atoms with Gasteiger partial charge in [-0.15, -0.1) is 0 Å². The van der Waals surface area contributed by atoms with Crippen LogP contribution in [0.1, 0.15) is 322 Å². The number of unbranched alkanes of at least 4 members (excludes halogenated alkanes) is 41. The van der Waals surface area contributed by atoms with E-state index in [2.05, 4.69) is 31.3 Å². The maximum absolute atomic E-state index is 12.5. The van der Waals surface area contributed by atoms with Gasteiger partial charge >= 0.3 is 5.97 Å². The van der Waals surface area contributed by atoms with Crippen LogP contribution < -0.4 is 5.32 Å². The maximum atomic E-state index is 12.5. The average molecular weight is 905 g/mol. The second-order valence-electron chi connectivity index (χ2n) is 20.0. The van der Waals surface area contributed by atoms with Gasteiger partial charge in [-0.05, 0) is 51.4 Å². The Labute approximate surface area is 399 Å². The SMILES string of the molecule is CCCCCCCCCCCCCCCCCCC(O)C(CO)NC(=O)CCCCCCCCC/C=C\CCCCCCCCCCOC(=O)CCCCCCCCCCCCCC. The Bertz CT molecular complexity index is 955. The molecule has 2 atom stereocenters. The first-order valence-corrected chi connectivity index (χ1v) is 28.9. The summed E-state index contributed by atoms with van der Waals surface area (Å²) in [6, 6.07) is -0.547. The monoisotopic (exact) mass is 904 g/mol. The maximum Gasteiger partial charge on any atom is 0.305 e. The quantitative estimate of drug-likeness (QED) is 0.0321. The van der Waals surface area contributed by atoms with Crippen molar-refractivity contribution in [3.05, 3.63) is 12.2 Å². The highest BCUT2D eigenvalue weighted by Gasteiger charge is 2.20. The number of hydrogen-bond donors (Lipinski definition) is 3. The second-order valence-corrected chi connectivity index (χ2v) is 20.0. The van der Waals surface area contributed by atoms with E-state index in [0.717, 1.165) is 44.9 Å². The molecule has 0 rings (SSSR count). The molecule has 0 radical (unpaired) electrons. The number of carbonyl (C=O) groups is 2. The summed E-state index contributed by atoms with van der Waals surface area (Å²) in [6.07, 6.45) is 63.4. The molecule has 0 aromatic heterocycles. The number of aliphatic hydroxyl groups excluding tert-OH is 2. The predicted molar refractivity (Wildman–Crippen MR) is 278 cm³/mol. The first-order valence-electron chi connectivity index (χ1n) is 28.9. The summed E-state index contributed by atoms with van der Waals surface area (Å²) < 4.78 is 5.46. The van der Waals surface area contributed by atoms with Crippen molar-refractivity contribution < 1.29 is 24.5 Å². The Kier molecular flexibility index (Phi) is 53.0. The third kappa shape index (κ3) is 50.0. The molecule has 0 aliphatic rings. The number of carbonyl (C=O) groups excluding carboxylic acids is 2. The Balaban J connectivity index is 3.44. The molecule has 64 heavy (non-hydrogen) atoms. The third-order valence-electron chi connectivity index (χ3n) is 13.6. The van der Waals surface area contributed by atoms with Crippen LogP contribution >= 0.6 is 0 Å². The van der Waals surface area contributed by atoms with Crippen LogP contribution in [-0.4, -0.2) is 47.4 Å². The molecule has 1 amide bonds. The van der Waals surface area contributed by atoms with Gasteiger partial charge in [-0.1, -0.05) is 270 Å². The lowest BCUT2D eigenvalue weighted by atomic mass is 10.0. The number of amides is 1. The van der Waals surface area contributed by atoms with Crippen LogP contribution in [0, 0.1) is 0 Å². The van der Waals surface area contributed by atoms with E-state index in [1.807, 2.05) is 0 Å². The Hall–Kier alpha value is -1.40. The molecular formula is C58H113NO5. The van der Waals surface area contributed by atoms with E-state index in [1.54, 1.807) is 0 Å². The zero-order valence-electron chi connectivity index (χ0n) is 43.3. The van der Waals surface area contributed by atoms with Gasteiger partial charge in [0.15, 0.2) is 0 Å². The predicted octanol–water partition coefficient (Wildman–Crippen LogP) is 17.7. The van der Waals surface area contributed by atoms with Gasteiger partial charge < -0.3 is 20.3 Å². The lowest BCUT2D eigenvalue weighted by Crippen LogP contribution is -2.45. The molecule has 6 nitrogen and oxygen atoms in total. The van der Waals surface area contributed by atoms with E-state index < -0.39 is 12.1 Å². The Morgan fingerprint density at radius 3 is 1.11 bits per heavy atom. The fourth-order valence-corrected chi connectivity index (χ4v) is 9.11. The Morgan fingerprint density at radius 2 is 0.734 bits per heavy atom. The standard InChI is InChI=1S/C58H113NO5/c1-3-5-7-9-11-13-15-17-18-24-27-30-34-38-42-46-50-56(61)55(54-60)59-57(62)51-47-43-39-35-31-28-25-22-20-19-21-23-26-29-33-37-41-45-49-53-64-58(63)52-48-44-40-36-32-16-14-12-10-8-6-4-2/h19-20,55-56,60-61H,3-18,21-54H2,1-2H3,(H,59,62)/b20-19-. The van der Waals surface area contributed by atoms with Gasteiger partial charge in [0.05, 0.1) is 25.4 Å². The summed E-state index contributed by atoms with van der Waals surface area (Å²) in [5, 5.41) is 23.3. The smallest absolute Gasteiger partial charge is 0.305 e. The minimum absolute atomic E-state index is 0.00515. The lowest BCUT2D eigenvalue weighted by Gasteiger charge is -2.22. The van der Waals surface area contributed by atoms with E-state index in [0.29, 0.717) is 25.9 Å². The highest BCUT2D eigenvalue weighted by atomic mass is 16.5. The summed E-state index contributed by atoms with van der Waals surface area (Å²) in [6.45, 7) is 4.96. The van der Waals surface area contributed by atoms with Crippen LogP contribution in [0.2, 0.25) is 0 Å². The van der Waals surface area contributed by atoms with Gasteiger partial charge in [-0.3, -0.25) is 9.59 Å². The molecule has 380 valence electrons. The first kappa shape index (κ1) is 62.6. The van der Waals surface area contributed by atoms with Crippen molar-refractivity contribution >= 4 is 11.9 Å². The van der Waals surface area contributed by atoms with Gasteiger partial charge in [0.2, 0.25) is 5.91 Å². The molecular weight excluding hydrogens is 791 g/mol. The summed E-state index contributed by atoms with van der Waals surface area (Å²) in [5.74, 6) is -0.0372. The summed E-state index contributed by atoms with van der Waals surface area (Å²) in [4.78, 5) is 24.5. The summed E-state index contributed by atoms with van der Waals surface area (Å²) >= 11 is 0. The molecule has 0 bridgehead atoms. The molecule has 0 heterocycles. The van der Waals surface area contributed by atoms with Crippen LogP contribution in [0.15, 0.2) is 12.2 Å². The molecule has 0 fully saturated rings. The van der Waals surface area contributed by atoms with Crippen molar-refractivity contribution in [3.8, 4) is 0 Å². The van der Waals surface area contributed by atoms with Crippen molar-refractivity contribution in [3.63, 3.8) is 0 Å². The number of hydrogen-bond acceptors (Lipinski definition) is 5. The van der Waals surface area contributed by atoms with Crippen molar-refractivity contribution in [2.75, 3.05) is 13.2 Å².